The van der Waals surface area contributed by atoms with Crippen LogP contribution < -0.4 is 14.8 Å². The minimum atomic E-state index is -0.270. The lowest BCUT2D eigenvalue weighted by atomic mass is 10.1. The van der Waals surface area contributed by atoms with E-state index in [0.29, 0.717) is 24.5 Å². The van der Waals surface area contributed by atoms with Gasteiger partial charge < -0.3 is 14.8 Å². The standard InChI is InChI=1S/C23H25N3O3S/c1-16(30-22-14-19(25-15-26-22)18-7-5-4-6-8-18)23(27)24-12-11-17-9-10-20(28-2)21(13-17)29-3/h4-10,13-16H,11-12H2,1-3H3,(H,24,27). The fourth-order valence-electron chi connectivity index (χ4n) is 2.92. The average molecular weight is 424 g/mol. The number of hydrogen-bond donors (Lipinski definition) is 1. The molecule has 1 atom stereocenters. The zero-order valence-electron chi connectivity index (χ0n) is 17.3. The fourth-order valence-corrected chi connectivity index (χ4v) is 3.76. The SMILES string of the molecule is COc1ccc(CCNC(=O)C(C)Sc2cc(-c3ccccc3)ncn2)cc1OC. The van der Waals surface area contributed by atoms with E-state index >= 15 is 0 Å². The Hall–Kier alpha value is -3.06. The van der Waals surface area contributed by atoms with Crippen LogP contribution in [0.2, 0.25) is 0 Å². The van der Waals surface area contributed by atoms with Crippen LogP contribution in [0.5, 0.6) is 11.5 Å². The van der Waals surface area contributed by atoms with Crippen molar-refractivity contribution in [2.75, 3.05) is 20.8 Å². The van der Waals surface area contributed by atoms with Crippen LogP contribution in [0, 0.1) is 0 Å². The van der Waals surface area contributed by atoms with Gasteiger partial charge in [-0.15, -0.1) is 0 Å². The number of aromatic nitrogens is 2. The van der Waals surface area contributed by atoms with Gasteiger partial charge in [-0.2, -0.15) is 0 Å². The molecule has 6 nitrogen and oxygen atoms in total. The van der Waals surface area contributed by atoms with Crippen LogP contribution in [0.15, 0.2) is 66.0 Å². The van der Waals surface area contributed by atoms with E-state index in [1.807, 2.05) is 61.5 Å². The van der Waals surface area contributed by atoms with E-state index in [1.165, 1.54) is 18.1 Å². The van der Waals surface area contributed by atoms with Crippen molar-refractivity contribution in [3.63, 3.8) is 0 Å². The van der Waals surface area contributed by atoms with Crippen molar-refractivity contribution in [3.05, 3.63) is 66.5 Å². The van der Waals surface area contributed by atoms with Crippen molar-refractivity contribution in [1.29, 1.82) is 0 Å². The van der Waals surface area contributed by atoms with Crippen molar-refractivity contribution in [2.45, 2.75) is 23.6 Å². The fraction of sp³-hybridized carbons (Fsp3) is 0.261. The average Bonchev–Trinajstić information content (AvgIpc) is 2.79. The highest BCUT2D eigenvalue weighted by Gasteiger charge is 2.15. The molecule has 3 aromatic rings. The lowest BCUT2D eigenvalue weighted by Crippen LogP contribution is -2.32. The second-order valence-electron chi connectivity index (χ2n) is 6.60. The zero-order valence-corrected chi connectivity index (χ0v) is 18.1. The quantitative estimate of drug-likeness (QED) is 0.414. The van der Waals surface area contributed by atoms with E-state index in [9.17, 15) is 4.79 Å². The molecule has 1 aromatic heterocycles. The van der Waals surface area contributed by atoms with Gasteiger partial charge in [-0.3, -0.25) is 4.79 Å². The Kier molecular flexibility index (Phi) is 7.68. The van der Waals surface area contributed by atoms with Crippen LogP contribution >= 0.6 is 11.8 Å². The third-order valence-corrected chi connectivity index (χ3v) is 5.57. The first kappa shape index (κ1) is 21.6. The number of benzene rings is 2. The Morgan fingerprint density at radius 1 is 1.03 bits per heavy atom. The molecule has 156 valence electrons. The van der Waals surface area contributed by atoms with Gasteiger partial charge in [0.2, 0.25) is 5.91 Å². The number of rotatable bonds is 9. The molecule has 7 heteroatoms. The first-order valence-electron chi connectivity index (χ1n) is 9.63. The summed E-state index contributed by atoms with van der Waals surface area (Å²) in [5, 5.41) is 3.49. The summed E-state index contributed by atoms with van der Waals surface area (Å²) in [7, 11) is 3.22. The van der Waals surface area contributed by atoms with Crippen molar-refractivity contribution < 1.29 is 14.3 Å². The number of amides is 1. The molecule has 1 heterocycles. The maximum Gasteiger partial charge on any atom is 0.233 e. The lowest BCUT2D eigenvalue weighted by molar-refractivity contribution is -0.120. The van der Waals surface area contributed by atoms with Gasteiger partial charge in [0.05, 0.1) is 25.2 Å². The van der Waals surface area contributed by atoms with Gasteiger partial charge in [-0.05, 0) is 37.1 Å². The Balaban J connectivity index is 1.53. The molecule has 0 bridgehead atoms. The van der Waals surface area contributed by atoms with Crippen molar-refractivity contribution in [3.8, 4) is 22.8 Å². The number of nitrogens with one attached hydrogen (secondary N) is 1. The Morgan fingerprint density at radius 3 is 2.53 bits per heavy atom. The predicted octanol–water partition coefficient (Wildman–Crippen LogP) is 4.00. The molecular weight excluding hydrogens is 398 g/mol. The largest absolute Gasteiger partial charge is 0.493 e. The molecular formula is C23H25N3O3S. The first-order valence-corrected chi connectivity index (χ1v) is 10.5. The number of carbonyl (C=O) groups is 1. The van der Waals surface area contributed by atoms with Gasteiger partial charge in [-0.25, -0.2) is 9.97 Å². The number of hydrogen-bond acceptors (Lipinski definition) is 6. The van der Waals surface area contributed by atoms with E-state index in [2.05, 4.69) is 15.3 Å². The number of thioether (sulfide) groups is 1. The third kappa shape index (κ3) is 5.73. The number of methoxy groups -OCH3 is 2. The van der Waals surface area contributed by atoms with Crippen LogP contribution in [0.25, 0.3) is 11.3 Å². The number of ether oxygens (including phenoxy) is 2. The van der Waals surface area contributed by atoms with E-state index in [0.717, 1.165) is 21.8 Å². The molecule has 1 amide bonds. The molecule has 1 N–H and O–H groups in total. The van der Waals surface area contributed by atoms with E-state index < -0.39 is 0 Å². The molecule has 2 aromatic carbocycles. The maximum absolute atomic E-state index is 12.5. The Labute approximate surface area is 181 Å². The van der Waals surface area contributed by atoms with Gasteiger partial charge >= 0.3 is 0 Å². The van der Waals surface area contributed by atoms with Crippen molar-refractivity contribution in [2.24, 2.45) is 0 Å². The van der Waals surface area contributed by atoms with Crippen LogP contribution in [0.1, 0.15) is 12.5 Å². The lowest BCUT2D eigenvalue weighted by Gasteiger charge is -2.13. The minimum absolute atomic E-state index is 0.0275. The molecule has 0 radical (unpaired) electrons. The van der Waals surface area contributed by atoms with Crippen molar-refractivity contribution in [1.82, 2.24) is 15.3 Å². The molecule has 0 saturated heterocycles. The molecule has 0 aliphatic rings. The van der Waals surface area contributed by atoms with E-state index in [-0.39, 0.29) is 11.2 Å². The Bertz CT molecular complexity index is 982. The molecule has 0 aliphatic carbocycles. The van der Waals surface area contributed by atoms with Gasteiger partial charge in [0.15, 0.2) is 11.5 Å². The summed E-state index contributed by atoms with van der Waals surface area (Å²) in [6.07, 6.45) is 2.24. The summed E-state index contributed by atoms with van der Waals surface area (Å²) in [6.45, 7) is 2.42. The highest BCUT2D eigenvalue weighted by Crippen LogP contribution is 2.28. The minimum Gasteiger partial charge on any atom is -0.493 e. The summed E-state index contributed by atoms with van der Waals surface area (Å²) >= 11 is 1.42. The van der Waals surface area contributed by atoms with Gasteiger partial charge in [0.25, 0.3) is 0 Å². The summed E-state index contributed by atoms with van der Waals surface area (Å²) in [5.41, 5.74) is 2.93. The molecule has 0 saturated carbocycles. The molecule has 1 unspecified atom stereocenters. The Morgan fingerprint density at radius 2 is 1.80 bits per heavy atom. The molecule has 3 rings (SSSR count). The predicted molar refractivity (Wildman–Crippen MR) is 119 cm³/mol. The first-order chi connectivity index (χ1) is 14.6. The van der Waals surface area contributed by atoms with Crippen LogP contribution in [-0.4, -0.2) is 41.9 Å². The normalized spacial score (nSPS) is 11.6. The number of nitrogens with zero attached hydrogens (tertiary/aromatic N) is 2. The summed E-state index contributed by atoms with van der Waals surface area (Å²) in [5.74, 6) is 1.35. The van der Waals surface area contributed by atoms with Crippen molar-refractivity contribution >= 4 is 17.7 Å². The number of carbonyl (C=O) groups excluding carboxylic acids is 1. The van der Waals surface area contributed by atoms with Gasteiger partial charge in [0.1, 0.15) is 11.4 Å². The van der Waals surface area contributed by atoms with E-state index in [4.69, 9.17) is 9.47 Å². The summed E-state index contributed by atoms with van der Waals surface area (Å²) in [4.78, 5) is 21.1. The van der Waals surface area contributed by atoms with Gasteiger partial charge in [-0.1, -0.05) is 48.2 Å². The molecule has 0 spiro atoms. The monoisotopic (exact) mass is 423 g/mol. The smallest absolute Gasteiger partial charge is 0.233 e. The van der Waals surface area contributed by atoms with E-state index in [1.54, 1.807) is 14.2 Å². The van der Waals surface area contributed by atoms with Crippen LogP contribution in [-0.2, 0) is 11.2 Å². The highest BCUT2D eigenvalue weighted by atomic mass is 32.2. The zero-order chi connectivity index (χ0) is 21.3. The van der Waals surface area contributed by atoms with Crippen LogP contribution in [0.3, 0.4) is 0 Å². The maximum atomic E-state index is 12.5. The summed E-state index contributed by atoms with van der Waals surface area (Å²) in [6, 6.07) is 17.6. The second kappa shape index (κ2) is 10.6. The topological polar surface area (TPSA) is 73.3 Å². The second-order valence-corrected chi connectivity index (χ2v) is 7.96. The van der Waals surface area contributed by atoms with Gasteiger partial charge in [0, 0.05) is 12.1 Å². The summed E-state index contributed by atoms with van der Waals surface area (Å²) < 4.78 is 10.6. The molecule has 30 heavy (non-hydrogen) atoms. The molecule has 0 fully saturated rings. The third-order valence-electron chi connectivity index (χ3n) is 4.54. The van der Waals surface area contributed by atoms with Crippen LogP contribution in [0.4, 0.5) is 0 Å². The molecule has 0 aliphatic heterocycles. The highest BCUT2D eigenvalue weighted by molar-refractivity contribution is 8.00.